The Hall–Kier alpha value is -2.37. The molecule has 1 aromatic carbocycles. The molecule has 180 valence electrons. The average Bonchev–Trinajstić information content (AvgIpc) is 3.21. The number of hydrogen-bond donors (Lipinski definition) is 2. The monoisotopic (exact) mass is 496 g/mol. The van der Waals surface area contributed by atoms with Crippen LogP contribution in [0.4, 0.5) is 9.52 Å². The summed E-state index contributed by atoms with van der Waals surface area (Å²) in [5, 5.41) is 7.89. The molecule has 1 saturated heterocycles. The average molecular weight is 497 g/mol. The second kappa shape index (κ2) is 10.7. The van der Waals surface area contributed by atoms with E-state index in [2.05, 4.69) is 15.6 Å². The molecule has 3 rings (SSSR count). The van der Waals surface area contributed by atoms with Crippen molar-refractivity contribution in [1.82, 2.24) is 14.6 Å². The second-order valence-electron chi connectivity index (χ2n) is 8.31. The van der Waals surface area contributed by atoms with Crippen molar-refractivity contribution in [1.29, 1.82) is 0 Å². The van der Waals surface area contributed by atoms with Crippen molar-refractivity contribution in [3.05, 3.63) is 41.2 Å². The normalized spacial score (nSPS) is 19.0. The Labute approximate surface area is 197 Å². The summed E-state index contributed by atoms with van der Waals surface area (Å²) in [6.45, 7) is 5.93. The van der Waals surface area contributed by atoms with Gasteiger partial charge in [0.2, 0.25) is 21.8 Å². The van der Waals surface area contributed by atoms with Crippen LogP contribution < -0.4 is 10.6 Å². The first-order valence-corrected chi connectivity index (χ1v) is 13.2. The van der Waals surface area contributed by atoms with E-state index < -0.39 is 27.8 Å². The lowest BCUT2D eigenvalue weighted by Gasteiger charge is -2.32. The lowest BCUT2D eigenvalue weighted by Crippen LogP contribution is -2.52. The van der Waals surface area contributed by atoms with Crippen molar-refractivity contribution in [3.63, 3.8) is 0 Å². The molecule has 33 heavy (non-hydrogen) atoms. The van der Waals surface area contributed by atoms with Gasteiger partial charge in [0.1, 0.15) is 11.9 Å². The Morgan fingerprint density at radius 3 is 2.61 bits per heavy atom. The Balaban J connectivity index is 1.70. The molecule has 1 aliphatic heterocycles. The zero-order valence-corrected chi connectivity index (χ0v) is 20.5. The van der Waals surface area contributed by atoms with E-state index in [1.807, 2.05) is 26.2 Å². The van der Waals surface area contributed by atoms with Gasteiger partial charge in [0.25, 0.3) is 0 Å². The quantitative estimate of drug-likeness (QED) is 0.584. The molecule has 0 aliphatic carbocycles. The highest BCUT2D eigenvalue weighted by molar-refractivity contribution is 7.89. The van der Waals surface area contributed by atoms with Gasteiger partial charge in [0, 0.05) is 18.5 Å². The highest BCUT2D eigenvalue weighted by Gasteiger charge is 2.35. The minimum Gasteiger partial charge on any atom is -0.344 e. The third kappa shape index (κ3) is 6.15. The number of aryl methyl sites for hydroxylation is 1. The molecule has 3 atom stereocenters. The number of nitrogens with one attached hydrogen (secondary N) is 2. The third-order valence-electron chi connectivity index (χ3n) is 5.85. The van der Waals surface area contributed by atoms with E-state index in [0.717, 1.165) is 17.8 Å². The molecular formula is C22H29FN4O4S2. The summed E-state index contributed by atoms with van der Waals surface area (Å²) in [6.07, 6.45) is 1.70. The van der Waals surface area contributed by atoms with E-state index in [4.69, 9.17) is 0 Å². The minimum absolute atomic E-state index is 0.00601. The van der Waals surface area contributed by atoms with Crippen LogP contribution in [0.1, 0.15) is 38.8 Å². The number of halogens is 1. The number of nitrogens with zero attached hydrogens (tertiary/aromatic N) is 2. The fraction of sp³-hybridized carbons (Fsp3) is 0.500. The number of rotatable bonds is 8. The van der Waals surface area contributed by atoms with E-state index in [0.29, 0.717) is 24.4 Å². The molecule has 1 aliphatic rings. The number of sulfonamides is 1. The Bertz CT molecular complexity index is 1090. The molecule has 3 unspecified atom stereocenters. The highest BCUT2D eigenvalue weighted by atomic mass is 32.2. The molecule has 8 nitrogen and oxygen atoms in total. The molecule has 11 heteroatoms. The summed E-state index contributed by atoms with van der Waals surface area (Å²) in [6, 6.07) is 3.87. The zero-order valence-electron chi connectivity index (χ0n) is 18.9. The maximum Gasteiger partial charge on any atom is 0.249 e. The van der Waals surface area contributed by atoms with E-state index in [9.17, 15) is 22.4 Å². The van der Waals surface area contributed by atoms with E-state index in [1.165, 1.54) is 27.8 Å². The van der Waals surface area contributed by atoms with Gasteiger partial charge >= 0.3 is 0 Å². The predicted molar refractivity (Wildman–Crippen MR) is 125 cm³/mol. The van der Waals surface area contributed by atoms with Crippen LogP contribution in [0.5, 0.6) is 0 Å². The lowest BCUT2D eigenvalue weighted by molar-refractivity contribution is -0.131. The van der Waals surface area contributed by atoms with Gasteiger partial charge in [-0.2, -0.15) is 4.31 Å². The van der Waals surface area contributed by atoms with Gasteiger partial charge in [-0.3, -0.25) is 9.59 Å². The molecule has 1 fully saturated rings. The number of carbonyl (C=O) groups is 2. The minimum atomic E-state index is -3.85. The number of hydrogen-bond acceptors (Lipinski definition) is 6. The van der Waals surface area contributed by atoms with Crippen LogP contribution in [0.2, 0.25) is 0 Å². The van der Waals surface area contributed by atoms with Gasteiger partial charge in [0.15, 0.2) is 5.13 Å². The van der Waals surface area contributed by atoms with Crippen LogP contribution in [-0.2, 0) is 19.6 Å². The van der Waals surface area contributed by atoms with Gasteiger partial charge in [-0.15, -0.1) is 11.3 Å². The van der Waals surface area contributed by atoms with E-state index in [-0.39, 0.29) is 35.7 Å². The Kier molecular flexibility index (Phi) is 8.19. The number of anilines is 1. The fourth-order valence-electron chi connectivity index (χ4n) is 3.70. The number of thiazole rings is 1. The first-order valence-electron chi connectivity index (χ1n) is 10.9. The lowest BCUT2D eigenvalue weighted by atomic mass is 9.95. The molecule has 0 bridgehead atoms. The number of piperidine rings is 1. The van der Waals surface area contributed by atoms with Crippen LogP contribution in [0.15, 0.2) is 34.5 Å². The van der Waals surface area contributed by atoms with Gasteiger partial charge in [-0.1, -0.05) is 20.3 Å². The Morgan fingerprint density at radius 2 is 2.00 bits per heavy atom. The van der Waals surface area contributed by atoms with Crippen molar-refractivity contribution in [2.45, 2.75) is 51.0 Å². The van der Waals surface area contributed by atoms with Gasteiger partial charge in [-0.05, 0) is 49.9 Å². The predicted octanol–water partition coefficient (Wildman–Crippen LogP) is 3.16. The molecular weight excluding hydrogens is 467 g/mol. The van der Waals surface area contributed by atoms with E-state index in [1.54, 1.807) is 0 Å². The molecule has 1 aromatic heterocycles. The topological polar surface area (TPSA) is 108 Å². The molecule has 2 amide bonds. The van der Waals surface area contributed by atoms with Gasteiger partial charge in [0.05, 0.1) is 16.5 Å². The summed E-state index contributed by atoms with van der Waals surface area (Å²) in [5.41, 5.74) is 0.795. The van der Waals surface area contributed by atoms with Crippen molar-refractivity contribution in [3.8, 4) is 0 Å². The van der Waals surface area contributed by atoms with Gasteiger partial charge in [-0.25, -0.2) is 17.8 Å². The summed E-state index contributed by atoms with van der Waals surface area (Å²) in [7, 11) is -3.85. The van der Waals surface area contributed by atoms with Crippen molar-refractivity contribution in [2.75, 3.05) is 18.4 Å². The number of amides is 2. The second-order valence-corrected chi connectivity index (χ2v) is 11.1. The largest absolute Gasteiger partial charge is 0.344 e. The fourth-order valence-corrected chi connectivity index (χ4v) is 5.91. The molecule has 0 spiro atoms. The molecule has 2 heterocycles. The van der Waals surface area contributed by atoms with Crippen LogP contribution >= 0.6 is 11.3 Å². The van der Waals surface area contributed by atoms with Crippen molar-refractivity contribution >= 4 is 38.3 Å². The van der Waals surface area contributed by atoms with E-state index >= 15 is 0 Å². The first-order chi connectivity index (χ1) is 15.6. The maximum absolute atomic E-state index is 13.2. The number of aromatic nitrogens is 1. The molecule has 2 N–H and O–H groups in total. The smallest absolute Gasteiger partial charge is 0.249 e. The standard InChI is InChI=1S/C22H29FN4O4S2/c1-4-14(2)19(21(29)26-22-24-15(3)13-32-22)25-20(28)16-6-5-11-27(12-16)33(30,31)18-9-7-17(23)8-10-18/h7-10,13-14,16,19H,4-6,11-12H2,1-3H3,(H,25,28)(H,24,26,29). The van der Waals surface area contributed by atoms with Gasteiger partial charge < -0.3 is 10.6 Å². The SMILES string of the molecule is CCC(C)C(NC(=O)C1CCCN(S(=O)(=O)c2ccc(F)cc2)C1)C(=O)Nc1nc(C)cs1. The number of benzene rings is 1. The third-order valence-corrected chi connectivity index (χ3v) is 8.60. The summed E-state index contributed by atoms with van der Waals surface area (Å²) < 4.78 is 40.4. The summed E-state index contributed by atoms with van der Waals surface area (Å²) >= 11 is 1.31. The van der Waals surface area contributed by atoms with Crippen LogP contribution in [0.3, 0.4) is 0 Å². The Morgan fingerprint density at radius 1 is 1.30 bits per heavy atom. The summed E-state index contributed by atoms with van der Waals surface area (Å²) in [5.74, 6) is -1.94. The highest BCUT2D eigenvalue weighted by Crippen LogP contribution is 2.25. The van der Waals surface area contributed by atoms with Crippen LogP contribution in [-0.4, -0.2) is 48.7 Å². The van der Waals surface area contributed by atoms with Crippen molar-refractivity contribution < 1.29 is 22.4 Å². The maximum atomic E-state index is 13.2. The van der Waals surface area contributed by atoms with Crippen LogP contribution in [0.25, 0.3) is 0 Å². The number of carbonyl (C=O) groups excluding carboxylic acids is 2. The molecule has 0 saturated carbocycles. The first kappa shape index (κ1) is 25.3. The van der Waals surface area contributed by atoms with Crippen molar-refractivity contribution in [2.24, 2.45) is 11.8 Å². The molecule has 2 aromatic rings. The van der Waals surface area contributed by atoms with Crippen LogP contribution in [0, 0.1) is 24.6 Å². The molecule has 0 radical (unpaired) electrons. The summed E-state index contributed by atoms with van der Waals surface area (Å²) in [4.78, 5) is 30.2. The zero-order chi connectivity index (χ0) is 24.2.